The van der Waals surface area contributed by atoms with Gasteiger partial charge in [-0.25, -0.2) is 12.8 Å². The number of aryl methyl sites for hydroxylation is 1. The summed E-state index contributed by atoms with van der Waals surface area (Å²) in [6.07, 6.45) is 1.75. The van der Waals surface area contributed by atoms with Crippen molar-refractivity contribution in [3.8, 4) is 5.75 Å². The van der Waals surface area contributed by atoms with Crippen molar-refractivity contribution in [1.82, 2.24) is 10.2 Å². The molecule has 1 atom stereocenters. The second-order valence-corrected chi connectivity index (χ2v) is 12.8. The number of carbonyl (C=O) groups excluding carboxylic acids is 2. The van der Waals surface area contributed by atoms with E-state index in [1.165, 1.54) is 42.3 Å². The van der Waals surface area contributed by atoms with Crippen LogP contribution in [-0.4, -0.2) is 51.4 Å². The first-order valence-corrected chi connectivity index (χ1v) is 16.7. The summed E-state index contributed by atoms with van der Waals surface area (Å²) in [7, 11) is -2.79. The highest BCUT2D eigenvalue weighted by molar-refractivity contribution is 7.92. The number of nitrogens with zero attached hydrogens (tertiary/aromatic N) is 2. The zero-order chi connectivity index (χ0) is 33.1. The van der Waals surface area contributed by atoms with Gasteiger partial charge in [0.1, 0.15) is 24.2 Å². The lowest BCUT2D eigenvalue weighted by Crippen LogP contribution is -2.53. The predicted octanol–water partition coefficient (Wildman–Crippen LogP) is 5.89. The van der Waals surface area contributed by atoms with Crippen molar-refractivity contribution < 1.29 is 27.1 Å². The third-order valence-electron chi connectivity index (χ3n) is 7.65. The van der Waals surface area contributed by atoms with Crippen LogP contribution in [0, 0.1) is 12.7 Å². The topological polar surface area (TPSA) is 96.0 Å². The minimum Gasteiger partial charge on any atom is -0.497 e. The molecule has 0 radical (unpaired) electrons. The zero-order valence-corrected chi connectivity index (χ0v) is 27.2. The van der Waals surface area contributed by atoms with Crippen LogP contribution in [0.25, 0.3) is 0 Å². The standard InChI is InChI=1S/C36H40FN3O5S/c1-4-5-23-38-36(42)34(24-28-11-7-6-8-12-28)39(25-29-13-9-10-14-33(29)37)35(41)26-40(30-17-15-27(2)16-18-30)46(43,44)32-21-19-31(45-3)20-22-32/h6-22,34H,4-5,23-26H2,1-3H3,(H,38,42)/t34-/m1/s1. The van der Waals surface area contributed by atoms with Crippen LogP contribution in [0.2, 0.25) is 0 Å². The van der Waals surface area contributed by atoms with Crippen molar-refractivity contribution in [3.63, 3.8) is 0 Å². The van der Waals surface area contributed by atoms with Gasteiger partial charge in [-0.3, -0.25) is 13.9 Å². The maximum Gasteiger partial charge on any atom is 0.264 e. The molecule has 46 heavy (non-hydrogen) atoms. The van der Waals surface area contributed by atoms with E-state index in [0.717, 1.165) is 28.3 Å². The van der Waals surface area contributed by atoms with Gasteiger partial charge in [-0.15, -0.1) is 0 Å². The number of hydrogen-bond acceptors (Lipinski definition) is 5. The van der Waals surface area contributed by atoms with Gasteiger partial charge in [0.15, 0.2) is 0 Å². The summed E-state index contributed by atoms with van der Waals surface area (Å²) >= 11 is 0. The number of amides is 2. The average Bonchev–Trinajstić information content (AvgIpc) is 3.07. The molecule has 0 unspecified atom stereocenters. The van der Waals surface area contributed by atoms with Crippen molar-refractivity contribution in [2.75, 3.05) is 24.5 Å². The van der Waals surface area contributed by atoms with E-state index in [1.54, 1.807) is 42.5 Å². The summed E-state index contributed by atoms with van der Waals surface area (Å²) in [6, 6.07) is 26.9. The summed E-state index contributed by atoms with van der Waals surface area (Å²) in [4.78, 5) is 29.5. The molecule has 2 amide bonds. The summed E-state index contributed by atoms with van der Waals surface area (Å²) in [5.41, 5.74) is 2.18. The maximum absolute atomic E-state index is 15.0. The highest BCUT2D eigenvalue weighted by Crippen LogP contribution is 2.27. The zero-order valence-electron chi connectivity index (χ0n) is 26.4. The summed E-state index contributed by atoms with van der Waals surface area (Å²) in [6.45, 7) is 3.42. The van der Waals surface area contributed by atoms with Crippen LogP contribution in [0.1, 0.15) is 36.5 Å². The summed E-state index contributed by atoms with van der Waals surface area (Å²) in [5, 5.41) is 2.93. The lowest BCUT2D eigenvalue weighted by molar-refractivity contribution is -0.140. The largest absolute Gasteiger partial charge is 0.497 e. The molecule has 8 nitrogen and oxygen atoms in total. The summed E-state index contributed by atoms with van der Waals surface area (Å²) in [5.74, 6) is -1.12. The van der Waals surface area contributed by atoms with Crippen molar-refractivity contribution >= 4 is 27.5 Å². The van der Waals surface area contributed by atoms with E-state index in [1.807, 2.05) is 44.2 Å². The molecule has 0 heterocycles. The SMILES string of the molecule is CCCCNC(=O)[C@@H](Cc1ccccc1)N(Cc1ccccc1F)C(=O)CN(c1ccc(C)cc1)S(=O)(=O)c1ccc(OC)cc1. The van der Waals surface area contributed by atoms with E-state index in [9.17, 15) is 18.0 Å². The molecule has 4 rings (SSSR count). The molecule has 0 aromatic heterocycles. The third-order valence-corrected chi connectivity index (χ3v) is 9.44. The van der Waals surface area contributed by atoms with Crippen molar-refractivity contribution in [3.05, 3.63) is 126 Å². The Kier molecular flexibility index (Phi) is 11.9. The smallest absolute Gasteiger partial charge is 0.264 e. The van der Waals surface area contributed by atoms with E-state index >= 15 is 4.39 Å². The van der Waals surface area contributed by atoms with Crippen LogP contribution in [0.3, 0.4) is 0 Å². The summed E-state index contributed by atoms with van der Waals surface area (Å²) < 4.78 is 49.5. The van der Waals surface area contributed by atoms with Gasteiger partial charge in [0, 0.05) is 25.1 Å². The molecule has 0 aliphatic heterocycles. The number of methoxy groups -OCH3 is 1. The van der Waals surface area contributed by atoms with E-state index in [0.29, 0.717) is 12.3 Å². The van der Waals surface area contributed by atoms with Gasteiger partial charge in [0.2, 0.25) is 11.8 Å². The number of unbranched alkanes of at least 4 members (excludes halogenated alkanes) is 1. The highest BCUT2D eigenvalue weighted by Gasteiger charge is 2.35. The molecular formula is C36H40FN3O5S. The molecule has 1 N–H and O–H groups in total. The monoisotopic (exact) mass is 645 g/mol. The molecule has 0 saturated heterocycles. The Morgan fingerprint density at radius 3 is 2.17 bits per heavy atom. The number of hydrogen-bond donors (Lipinski definition) is 1. The Labute approximate surface area is 270 Å². The van der Waals surface area contributed by atoms with E-state index in [4.69, 9.17) is 4.74 Å². The number of sulfonamides is 1. The van der Waals surface area contributed by atoms with E-state index < -0.39 is 40.2 Å². The van der Waals surface area contributed by atoms with E-state index in [2.05, 4.69) is 5.32 Å². The molecule has 0 bridgehead atoms. The molecule has 4 aromatic rings. The number of carbonyl (C=O) groups is 2. The normalized spacial score (nSPS) is 11.8. The fourth-order valence-electron chi connectivity index (χ4n) is 4.98. The van der Waals surface area contributed by atoms with Crippen LogP contribution in [0.15, 0.2) is 108 Å². The van der Waals surface area contributed by atoms with Crippen molar-refractivity contribution in [2.24, 2.45) is 0 Å². The van der Waals surface area contributed by atoms with Crippen LogP contribution < -0.4 is 14.4 Å². The van der Waals surface area contributed by atoms with Gasteiger partial charge in [-0.1, -0.05) is 79.6 Å². The van der Waals surface area contributed by atoms with Crippen LogP contribution in [-0.2, 0) is 32.6 Å². The molecule has 0 spiro atoms. The highest BCUT2D eigenvalue weighted by atomic mass is 32.2. The minimum absolute atomic E-state index is 0.0412. The second-order valence-electron chi connectivity index (χ2n) is 11.0. The third kappa shape index (κ3) is 8.72. The van der Waals surface area contributed by atoms with Gasteiger partial charge < -0.3 is 15.0 Å². The lowest BCUT2D eigenvalue weighted by atomic mass is 10.0. The Balaban J connectivity index is 1.79. The molecule has 0 fully saturated rings. The predicted molar refractivity (Wildman–Crippen MR) is 178 cm³/mol. The molecule has 10 heteroatoms. The van der Waals surface area contributed by atoms with Crippen LogP contribution in [0.5, 0.6) is 5.75 Å². The first-order valence-electron chi connectivity index (χ1n) is 15.2. The van der Waals surface area contributed by atoms with Gasteiger partial charge in [-0.05, 0) is 61.4 Å². The average molecular weight is 646 g/mol. The van der Waals surface area contributed by atoms with Crippen LogP contribution >= 0.6 is 0 Å². The van der Waals surface area contributed by atoms with Crippen molar-refractivity contribution in [2.45, 2.75) is 50.6 Å². The van der Waals surface area contributed by atoms with Gasteiger partial charge in [-0.2, -0.15) is 0 Å². The molecule has 0 aliphatic carbocycles. The molecule has 0 aliphatic rings. The van der Waals surface area contributed by atoms with Gasteiger partial charge >= 0.3 is 0 Å². The Hall–Kier alpha value is -4.70. The minimum atomic E-state index is -4.27. The number of benzene rings is 4. The number of halogens is 1. The number of anilines is 1. The first-order chi connectivity index (χ1) is 22.1. The van der Waals surface area contributed by atoms with Gasteiger partial charge in [0.25, 0.3) is 10.0 Å². The Bertz CT molecular complexity index is 1700. The molecule has 4 aromatic carbocycles. The number of nitrogens with one attached hydrogen (secondary N) is 1. The Morgan fingerprint density at radius 1 is 0.891 bits per heavy atom. The molecular weight excluding hydrogens is 605 g/mol. The number of ether oxygens (including phenoxy) is 1. The molecule has 0 saturated carbocycles. The second kappa shape index (κ2) is 16.0. The quantitative estimate of drug-likeness (QED) is 0.163. The van der Waals surface area contributed by atoms with Crippen LogP contribution in [0.4, 0.5) is 10.1 Å². The Morgan fingerprint density at radius 2 is 1.54 bits per heavy atom. The fraction of sp³-hybridized carbons (Fsp3) is 0.278. The van der Waals surface area contributed by atoms with Gasteiger partial charge in [0.05, 0.1) is 17.7 Å². The number of rotatable bonds is 15. The van der Waals surface area contributed by atoms with E-state index in [-0.39, 0.29) is 29.1 Å². The van der Waals surface area contributed by atoms with Crippen molar-refractivity contribution in [1.29, 1.82) is 0 Å². The molecule has 242 valence electrons. The lowest BCUT2D eigenvalue weighted by Gasteiger charge is -2.34. The maximum atomic E-state index is 15.0. The fourth-order valence-corrected chi connectivity index (χ4v) is 6.40. The first kappa shape index (κ1) is 34.2.